The molecule has 0 spiro atoms. The van der Waals surface area contributed by atoms with E-state index in [1.807, 2.05) is 32.8 Å². The number of amides is 1. The first-order valence-corrected chi connectivity index (χ1v) is 7.54. The third-order valence-corrected chi connectivity index (χ3v) is 3.37. The molecular weight excluding hydrogens is 266 g/mol. The van der Waals surface area contributed by atoms with Gasteiger partial charge in [0.15, 0.2) is 0 Å². The summed E-state index contributed by atoms with van der Waals surface area (Å²) in [4.78, 5) is 16.8. The number of aryl methyl sites for hydroxylation is 2. The Morgan fingerprint density at radius 3 is 2.43 bits per heavy atom. The molecule has 0 saturated heterocycles. The summed E-state index contributed by atoms with van der Waals surface area (Å²) in [7, 11) is 4.01. The summed E-state index contributed by atoms with van der Waals surface area (Å²) in [6, 6.07) is 0. The Labute approximate surface area is 127 Å². The van der Waals surface area contributed by atoms with E-state index >= 15 is 0 Å². The third kappa shape index (κ3) is 4.46. The molecule has 0 unspecified atom stereocenters. The number of hydrogen-bond donors (Lipinski definition) is 1. The molecule has 0 bridgehead atoms. The van der Waals surface area contributed by atoms with Gasteiger partial charge < -0.3 is 15.5 Å². The van der Waals surface area contributed by atoms with Crippen LogP contribution in [0.1, 0.15) is 37.0 Å². The Morgan fingerprint density at radius 2 is 1.95 bits per heavy atom. The minimum absolute atomic E-state index is 0.0227. The van der Waals surface area contributed by atoms with Gasteiger partial charge in [0.05, 0.1) is 11.4 Å². The molecule has 1 aromatic heterocycles. The van der Waals surface area contributed by atoms with E-state index in [0.29, 0.717) is 30.4 Å². The number of anilines is 1. The van der Waals surface area contributed by atoms with Crippen molar-refractivity contribution in [2.75, 3.05) is 39.5 Å². The van der Waals surface area contributed by atoms with Crippen molar-refractivity contribution >= 4 is 11.6 Å². The van der Waals surface area contributed by atoms with Gasteiger partial charge in [-0.3, -0.25) is 9.48 Å². The number of carbonyl (C=O) groups excluding carboxylic acids is 1. The van der Waals surface area contributed by atoms with Gasteiger partial charge in [0, 0.05) is 26.2 Å². The molecule has 0 aliphatic carbocycles. The molecule has 6 nitrogen and oxygen atoms in total. The molecule has 0 atom stereocenters. The number of nitrogens with two attached hydrogens (primary N) is 1. The molecule has 0 fully saturated rings. The van der Waals surface area contributed by atoms with Crippen LogP contribution in [0.4, 0.5) is 5.69 Å². The first-order valence-electron chi connectivity index (χ1n) is 7.54. The molecule has 6 heteroatoms. The highest BCUT2D eigenvalue weighted by Gasteiger charge is 2.24. The van der Waals surface area contributed by atoms with E-state index in [2.05, 4.69) is 23.8 Å². The molecule has 120 valence electrons. The first kappa shape index (κ1) is 17.5. The largest absolute Gasteiger partial charge is 0.395 e. The normalized spacial score (nSPS) is 11.4. The van der Waals surface area contributed by atoms with Gasteiger partial charge in [-0.05, 0) is 33.9 Å². The Hall–Kier alpha value is -1.56. The van der Waals surface area contributed by atoms with Crippen molar-refractivity contribution in [2.24, 2.45) is 5.92 Å². The zero-order chi connectivity index (χ0) is 16.2. The summed E-state index contributed by atoms with van der Waals surface area (Å²) < 4.78 is 1.70. The number of rotatable bonds is 7. The van der Waals surface area contributed by atoms with Crippen LogP contribution < -0.4 is 5.73 Å². The Balaban J connectivity index is 3.04. The topological polar surface area (TPSA) is 67.4 Å². The molecule has 1 aromatic rings. The van der Waals surface area contributed by atoms with Gasteiger partial charge in [-0.25, -0.2) is 0 Å². The second kappa shape index (κ2) is 7.45. The van der Waals surface area contributed by atoms with Crippen LogP contribution in [0.3, 0.4) is 0 Å². The van der Waals surface area contributed by atoms with Crippen molar-refractivity contribution in [1.82, 2.24) is 19.6 Å². The molecule has 1 amide bonds. The molecule has 2 N–H and O–H groups in total. The van der Waals surface area contributed by atoms with Crippen molar-refractivity contribution in [3.8, 4) is 0 Å². The van der Waals surface area contributed by atoms with E-state index < -0.39 is 0 Å². The smallest absolute Gasteiger partial charge is 0.274 e. The fourth-order valence-corrected chi connectivity index (χ4v) is 2.24. The van der Waals surface area contributed by atoms with Crippen LogP contribution in [0.2, 0.25) is 0 Å². The number of nitrogens with zero attached hydrogens (tertiary/aromatic N) is 4. The SMILES string of the molecule is CCn1nc(C)c(N)c1C(=O)N(CCN(C)C)CC(C)C. The highest BCUT2D eigenvalue weighted by molar-refractivity contribution is 5.98. The molecule has 0 radical (unpaired) electrons. The van der Waals surface area contributed by atoms with Crippen LogP contribution in [0.15, 0.2) is 0 Å². The summed E-state index contributed by atoms with van der Waals surface area (Å²) in [5.74, 6) is 0.391. The van der Waals surface area contributed by atoms with Crippen LogP contribution in [0, 0.1) is 12.8 Å². The van der Waals surface area contributed by atoms with Crippen LogP contribution in [0.5, 0.6) is 0 Å². The van der Waals surface area contributed by atoms with Crippen molar-refractivity contribution in [3.63, 3.8) is 0 Å². The van der Waals surface area contributed by atoms with Crippen LogP contribution in [-0.4, -0.2) is 59.2 Å². The molecule has 21 heavy (non-hydrogen) atoms. The summed E-state index contributed by atoms with van der Waals surface area (Å²) in [5, 5.41) is 4.34. The summed E-state index contributed by atoms with van der Waals surface area (Å²) >= 11 is 0. The van der Waals surface area contributed by atoms with E-state index in [1.54, 1.807) is 4.68 Å². The van der Waals surface area contributed by atoms with Gasteiger partial charge in [-0.1, -0.05) is 13.8 Å². The lowest BCUT2D eigenvalue weighted by molar-refractivity contribution is 0.0713. The quantitative estimate of drug-likeness (QED) is 0.827. The van der Waals surface area contributed by atoms with Crippen molar-refractivity contribution in [2.45, 2.75) is 34.2 Å². The molecule has 0 saturated carbocycles. The minimum Gasteiger partial charge on any atom is -0.395 e. The van der Waals surface area contributed by atoms with E-state index in [4.69, 9.17) is 5.73 Å². The van der Waals surface area contributed by atoms with Gasteiger partial charge >= 0.3 is 0 Å². The highest BCUT2D eigenvalue weighted by Crippen LogP contribution is 2.19. The Morgan fingerprint density at radius 1 is 1.33 bits per heavy atom. The minimum atomic E-state index is -0.0227. The summed E-state index contributed by atoms with van der Waals surface area (Å²) in [5.41, 5.74) is 7.81. The summed E-state index contributed by atoms with van der Waals surface area (Å²) in [6.45, 7) is 10.9. The fourth-order valence-electron chi connectivity index (χ4n) is 2.24. The predicted octanol–water partition coefficient (Wildman–Crippen LogP) is 1.45. The number of aromatic nitrogens is 2. The van der Waals surface area contributed by atoms with Crippen molar-refractivity contribution < 1.29 is 4.79 Å². The van der Waals surface area contributed by atoms with E-state index in [0.717, 1.165) is 18.8 Å². The first-order chi connectivity index (χ1) is 9.77. The fraction of sp³-hybridized carbons (Fsp3) is 0.733. The Bertz CT molecular complexity index is 479. The zero-order valence-corrected chi connectivity index (χ0v) is 14.2. The van der Waals surface area contributed by atoms with E-state index in [1.165, 1.54) is 0 Å². The third-order valence-electron chi connectivity index (χ3n) is 3.37. The second-order valence-electron chi connectivity index (χ2n) is 6.11. The average molecular weight is 295 g/mol. The molecule has 0 aromatic carbocycles. The molecule has 0 aliphatic heterocycles. The van der Waals surface area contributed by atoms with Crippen molar-refractivity contribution in [1.29, 1.82) is 0 Å². The maximum absolute atomic E-state index is 12.9. The molecular formula is C15H29N5O. The predicted molar refractivity (Wildman–Crippen MR) is 86.3 cm³/mol. The maximum atomic E-state index is 12.9. The van der Waals surface area contributed by atoms with E-state index in [-0.39, 0.29) is 5.91 Å². The molecule has 1 rings (SSSR count). The number of likely N-dealkylation sites (N-methyl/N-ethyl adjacent to an activating group) is 1. The van der Waals surface area contributed by atoms with Gasteiger partial charge in [0.2, 0.25) is 0 Å². The number of carbonyl (C=O) groups is 1. The van der Waals surface area contributed by atoms with Gasteiger partial charge in [0.1, 0.15) is 5.69 Å². The van der Waals surface area contributed by atoms with Gasteiger partial charge in [-0.2, -0.15) is 5.10 Å². The molecule has 1 heterocycles. The Kier molecular flexibility index (Phi) is 6.20. The monoisotopic (exact) mass is 295 g/mol. The second-order valence-corrected chi connectivity index (χ2v) is 6.11. The standard InChI is InChI=1S/C15H29N5O/c1-7-20-14(13(16)12(4)17-20)15(21)19(10-11(2)3)9-8-18(5)6/h11H,7-10,16H2,1-6H3. The zero-order valence-electron chi connectivity index (χ0n) is 14.2. The average Bonchev–Trinajstić information content (AvgIpc) is 2.69. The van der Waals surface area contributed by atoms with Crippen LogP contribution in [0.25, 0.3) is 0 Å². The molecule has 0 aliphatic rings. The number of nitrogen functional groups attached to an aromatic ring is 1. The maximum Gasteiger partial charge on any atom is 0.274 e. The lowest BCUT2D eigenvalue weighted by atomic mass is 10.2. The lowest BCUT2D eigenvalue weighted by Crippen LogP contribution is -2.40. The van der Waals surface area contributed by atoms with Gasteiger partial charge in [0.25, 0.3) is 5.91 Å². The number of hydrogen-bond acceptors (Lipinski definition) is 4. The van der Waals surface area contributed by atoms with Crippen molar-refractivity contribution in [3.05, 3.63) is 11.4 Å². The highest BCUT2D eigenvalue weighted by atomic mass is 16.2. The summed E-state index contributed by atoms with van der Waals surface area (Å²) in [6.07, 6.45) is 0. The van der Waals surface area contributed by atoms with Gasteiger partial charge in [-0.15, -0.1) is 0 Å². The van der Waals surface area contributed by atoms with Crippen LogP contribution >= 0.6 is 0 Å². The van der Waals surface area contributed by atoms with E-state index in [9.17, 15) is 4.79 Å². The van der Waals surface area contributed by atoms with Crippen LogP contribution in [-0.2, 0) is 6.54 Å². The lowest BCUT2D eigenvalue weighted by Gasteiger charge is -2.26.